The summed E-state index contributed by atoms with van der Waals surface area (Å²) in [5.74, 6) is -0.452. The highest BCUT2D eigenvalue weighted by atomic mass is 35.5. The Hall–Kier alpha value is -3.42. The van der Waals surface area contributed by atoms with Gasteiger partial charge in [-0.15, -0.1) is 0 Å². The molecule has 7 nitrogen and oxygen atoms in total. The van der Waals surface area contributed by atoms with Crippen LogP contribution < -0.4 is 16.4 Å². The molecular formula is C32H37Cl2N3O4. The van der Waals surface area contributed by atoms with Crippen LogP contribution in [-0.2, 0) is 19.7 Å². The van der Waals surface area contributed by atoms with Crippen LogP contribution in [0.5, 0.6) is 0 Å². The molecule has 0 heterocycles. The minimum absolute atomic E-state index is 0.0494. The molecule has 4 rings (SSSR count). The average molecular weight is 599 g/mol. The van der Waals surface area contributed by atoms with Gasteiger partial charge in [-0.2, -0.15) is 0 Å². The van der Waals surface area contributed by atoms with Crippen molar-refractivity contribution in [1.29, 1.82) is 0 Å². The first-order valence-electron chi connectivity index (χ1n) is 13.7. The number of anilines is 2. The molecule has 1 aliphatic rings. The average Bonchev–Trinajstić information content (AvgIpc) is 2.92. The van der Waals surface area contributed by atoms with Crippen molar-refractivity contribution in [2.24, 2.45) is 0 Å². The molecule has 3 aromatic rings. The lowest BCUT2D eigenvalue weighted by Gasteiger charge is -2.34. The maximum atomic E-state index is 13.8. The predicted molar refractivity (Wildman–Crippen MR) is 165 cm³/mol. The van der Waals surface area contributed by atoms with Crippen LogP contribution in [0, 0.1) is 0 Å². The number of carbonyl (C=O) groups is 2. The zero-order chi connectivity index (χ0) is 29.8. The van der Waals surface area contributed by atoms with Crippen LogP contribution in [0.15, 0.2) is 66.7 Å². The van der Waals surface area contributed by atoms with Crippen LogP contribution in [0.3, 0.4) is 0 Å². The van der Waals surface area contributed by atoms with Crippen LogP contribution in [-0.4, -0.2) is 36.9 Å². The number of methoxy groups -OCH3 is 1. The second-order valence-electron chi connectivity index (χ2n) is 11.4. The molecule has 0 unspecified atom stereocenters. The number of alkyl carbamates (subject to hydrolysis) is 1. The number of ether oxygens (including phenoxy) is 2. The maximum Gasteiger partial charge on any atom is 0.407 e. The van der Waals surface area contributed by atoms with Crippen molar-refractivity contribution in [3.8, 4) is 0 Å². The van der Waals surface area contributed by atoms with Gasteiger partial charge in [0, 0.05) is 22.1 Å². The molecule has 41 heavy (non-hydrogen) atoms. The van der Waals surface area contributed by atoms with E-state index < -0.39 is 23.1 Å². The Morgan fingerprint density at radius 3 is 1.78 bits per heavy atom. The molecule has 1 fully saturated rings. The third-order valence-corrected chi connectivity index (χ3v) is 7.84. The van der Waals surface area contributed by atoms with Gasteiger partial charge in [-0.3, -0.25) is 4.79 Å². The van der Waals surface area contributed by atoms with Gasteiger partial charge >= 0.3 is 12.1 Å². The number of nitrogens with one attached hydrogen (secondary N) is 2. The minimum Gasteiger partial charge on any atom is -0.468 e. The van der Waals surface area contributed by atoms with Gasteiger partial charge in [0.05, 0.1) is 18.5 Å². The van der Waals surface area contributed by atoms with E-state index in [4.69, 9.17) is 38.4 Å². The third kappa shape index (κ3) is 7.08. The van der Waals surface area contributed by atoms with E-state index in [0.29, 0.717) is 32.4 Å². The van der Waals surface area contributed by atoms with Crippen LogP contribution >= 0.6 is 23.2 Å². The molecule has 4 N–H and O–H groups in total. The normalized spacial score (nSPS) is 17.4. The minimum atomic E-state index is -1.30. The van der Waals surface area contributed by atoms with E-state index in [1.807, 2.05) is 57.2 Å². The van der Waals surface area contributed by atoms with E-state index >= 15 is 0 Å². The van der Waals surface area contributed by atoms with E-state index in [9.17, 15) is 9.59 Å². The van der Waals surface area contributed by atoms with Crippen LogP contribution in [0.1, 0.15) is 63.1 Å². The second-order valence-corrected chi connectivity index (χ2v) is 12.3. The molecule has 1 saturated carbocycles. The summed E-state index contributed by atoms with van der Waals surface area (Å²) in [6, 6.07) is 20.1. The highest BCUT2D eigenvalue weighted by molar-refractivity contribution is 6.30. The summed E-state index contributed by atoms with van der Waals surface area (Å²) in [5, 5.41) is 7.68. The molecule has 0 aliphatic heterocycles. The first-order valence-corrected chi connectivity index (χ1v) is 14.4. The van der Waals surface area contributed by atoms with Crippen molar-refractivity contribution in [3.05, 3.63) is 93.5 Å². The summed E-state index contributed by atoms with van der Waals surface area (Å²) in [6.45, 7) is 5.54. The van der Waals surface area contributed by atoms with Crippen LogP contribution in [0.4, 0.5) is 16.2 Å². The van der Waals surface area contributed by atoms with Crippen LogP contribution in [0.2, 0.25) is 10.0 Å². The first kappa shape index (κ1) is 30.5. The van der Waals surface area contributed by atoms with Crippen molar-refractivity contribution in [2.75, 3.05) is 18.2 Å². The molecule has 3 aromatic carbocycles. The van der Waals surface area contributed by atoms with Gasteiger partial charge in [-0.1, -0.05) is 53.5 Å². The molecule has 0 saturated heterocycles. The lowest BCUT2D eigenvalue weighted by atomic mass is 9.69. The van der Waals surface area contributed by atoms with E-state index in [1.165, 1.54) is 7.11 Å². The van der Waals surface area contributed by atoms with Crippen LogP contribution in [0.25, 0.3) is 0 Å². The summed E-state index contributed by atoms with van der Waals surface area (Å²) >= 11 is 12.4. The van der Waals surface area contributed by atoms with Gasteiger partial charge in [-0.25, -0.2) is 4.79 Å². The Bertz CT molecular complexity index is 1320. The van der Waals surface area contributed by atoms with E-state index in [1.54, 1.807) is 30.3 Å². The first-order chi connectivity index (χ1) is 19.4. The smallest absolute Gasteiger partial charge is 0.407 e. The lowest BCUT2D eigenvalue weighted by Crippen LogP contribution is -2.42. The van der Waals surface area contributed by atoms with Crippen molar-refractivity contribution in [2.45, 2.75) is 69.6 Å². The van der Waals surface area contributed by atoms with Gasteiger partial charge < -0.3 is 25.8 Å². The summed E-state index contributed by atoms with van der Waals surface area (Å²) in [7, 11) is 1.38. The molecule has 0 spiro atoms. The number of benzene rings is 3. The van der Waals surface area contributed by atoms with Crippen molar-refractivity contribution >= 4 is 46.6 Å². The summed E-state index contributed by atoms with van der Waals surface area (Å²) in [4.78, 5) is 26.0. The Morgan fingerprint density at radius 1 is 0.805 bits per heavy atom. The van der Waals surface area contributed by atoms with Crippen molar-refractivity contribution in [3.63, 3.8) is 0 Å². The fraction of sp³-hybridized carbons (Fsp3) is 0.375. The van der Waals surface area contributed by atoms with E-state index in [2.05, 4.69) is 10.6 Å². The molecule has 1 aliphatic carbocycles. The molecule has 9 heteroatoms. The maximum absolute atomic E-state index is 13.8. The monoisotopic (exact) mass is 597 g/mol. The quantitative estimate of drug-likeness (QED) is 0.150. The van der Waals surface area contributed by atoms with Gasteiger partial charge in [-0.05, 0) is 99.5 Å². The van der Waals surface area contributed by atoms with E-state index in [-0.39, 0.29) is 12.1 Å². The summed E-state index contributed by atoms with van der Waals surface area (Å²) < 4.78 is 10.8. The topological polar surface area (TPSA) is 103 Å². The molecule has 1 amide bonds. The molecular weight excluding hydrogens is 561 g/mol. The number of nitrogen functional groups attached to an aromatic ring is 1. The zero-order valence-electron chi connectivity index (χ0n) is 23.8. The zero-order valence-corrected chi connectivity index (χ0v) is 25.3. The van der Waals surface area contributed by atoms with Gasteiger partial charge in [0.15, 0.2) is 0 Å². The Balaban J connectivity index is 1.64. The number of hydrogen-bond acceptors (Lipinski definition) is 6. The van der Waals surface area contributed by atoms with Gasteiger partial charge in [0.25, 0.3) is 0 Å². The highest BCUT2D eigenvalue weighted by Crippen LogP contribution is 2.43. The Kier molecular flexibility index (Phi) is 9.40. The molecule has 0 radical (unpaired) electrons. The number of hydrogen-bond donors (Lipinski definition) is 3. The number of nitrogens with two attached hydrogens (primary N) is 1. The van der Waals surface area contributed by atoms with Gasteiger partial charge in [0.1, 0.15) is 11.0 Å². The standard InChI is InChI=1S/C32H37Cl2N3O4/c1-31(2,3)41-30(39)37-26-16-14-25(15-17-26)36-28-19-22(9-18-27(28)35)32(29(38)40-4,20-5-10-23(33)11-6-20)21-7-12-24(34)13-8-21/h5-13,18-19,25-26,36H,14-17,35H2,1-4H3,(H,37,39)/t25-,26-. The fourth-order valence-corrected chi connectivity index (χ4v) is 5.65. The summed E-state index contributed by atoms with van der Waals surface area (Å²) in [6.07, 6.45) is 2.88. The Morgan fingerprint density at radius 2 is 1.29 bits per heavy atom. The Labute approximate surface area is 251 Å². The molecule has 218 valence electrons. The molecule has 0 bridgehead atoms. The number of rotatable bonds is 7. The van der Waals surface area contributed by atoms with Crippen molar-refractivity contribution in [1.82, 2.24) is 5.32 Å². The van der Waals surface area contributed by atoms with E-state index in [0.717, 1.165) is 31.4 Å². The predicted octanol–water partition coefficient (Wildman–Crippen LogP) is 7.33. The van der Waals surface area contributed by atoms with Crippen molar-refractivity contribution < 1.29 is 19.1 Å². The largest absolute Gasteiger partial charge is 0.468 e. The summed E-state index contributed by atoms with van der Waals surface area (Å²) in [5.41, 5.74) is 7.96. The molecule has 0 aromatic heterocycles. The van der Waals surface area contributed by atoms with Gasteiger partial charge in [0.2, 0.25) is 0 Å². The second kappa shape index (κ2) is 12.6. The highest BCUT2D eigenvalue weighted by Gasteiger charge is 2.45. The number of carbonyl (C=O) groups excluding carboxylic acids is 2. The SMILES string of the molecule is COC(=O)C(c1ccc(Cl)cc1)(c1ccc(Cl)cc1)c1ccc(N)c(N[C@H]2CC[C@H](NC(=O)OC(C)(C)C)CC2)c1. The fourth-order valence-electron chi connectivity index (χ4n) is 5.40. The number of halogens is 2. The number of esters is 1. The third-order valence-electron chi connectivity index (χ3n) is 7.34. The molecule has 0 atom stereocenters. The lowest BCUT2D eigenvalue weighted by molar-refractivity contribution is -0.144. The number of amides is 1.